The minimum absolute atomic E-state index is 0.579. The molecule has 0 aromatic rings. The van der Waals surface area contributed by atoms with Crippen LogP contribution in [0.4, 0.5) is 0 Å². The van der Waals surface area contributed by atoms with Gasteiger partial charge in [-0.05, 0) is 72.0 Å². The molecule has 0 spiro atoms. The molecule has 0 N–H and O–H groups in total. The first kappa shape index (κ1) is 17.1. The van der Waals surface area contributed by atoms with Crippen LogP contribution in [0, 0.1) is 33.5 Å². The van der Waals surface area contributed by atoms with Gasteiger partial charge in [-0.3, -0.25) is 0 Å². The standard InChI is InChI=1S/C21H36S2/c1-18(2)14-7-9-20(18,5)16(11-14)22-13-23-17-12-15-8-10-21(17,6)19(15,3)4/h14-17H,7-13H2,1-6H3. The number of hydrogen-bond acceptors (Lipinski definition) is 2. The van der Waals surface area contributed by atoms with Crippen LogP contribution >= 0.6 is 23.5 Å². The summed E-state index contributed by atoms with van der Waals surface area (Å²) in [6, 6.07) is 0. The Morgan fingerprint density at radius 2 is 1.09 bits per heavy atom. The zero-order chi connectivity index (χ0) is 16.7. The molecule has 0 aromatic heterocycles. The lowest BCUT2D eigenvalue weighted by Gasteiger charge is -2.40. The summed E-state index contributed by atoms with van der Waals surface area (Å²) in [5.41, 5.74) is 2.35. The van der Waals surface area contributed by atoms with E-state index in [0.717, 1.165) is 22.3 Å². The van der Waals surface area contributed by atoms with E-state index in [1.54, 1.807) is 0 Å². The summed E-state index contributed by atoms with van der Waals surface area (Å²) >= 11 is 4.65. The van der Waals surface area contributed by atoms with Crippen molar-refractivity contribution in [3.63, 3.8) is 0 Å². The maximum atomic E-state index is 2.60. The van der Waals surface area contributed by atoms with E-state index in [1.807, 2.05) is 0 Å². The van der Waals surface area contributed by atoms with E-state index in [4.69, 9.17) is 0 Å². The van der Waals surface area contributed by atoms with Gasteiger partial charge in [-0.1, -0.05) is 41.5 Å². The summed E-state index contributed by atoms with van der Waals surface area (Å²) in [6.45, 7) is 15.4. The van der Waals surface area contributed by atoms with E-state index in [-0.39, 0.29) is 0 Å². The van der Waals surface area contributed by atoms with Crippen LogP contribution in [-0.2, 0) is 0 Å². The van der Waals surface area contributed by atoms with Crippen molar-refractivity contribution in [3.8, 4) is 0 Å². The third-order valence-corrected chi connectivity index (χ3v) is 13.3. The fourth-order valence-corrected chi connectivity index (χ4v) is 10.9. The Balaban J connectivity index is 1.36. The Morgan fingerprint density at radius 3 is 1.35 bits per heavy atom. The Labute approximate surface area is 152 Å². The number of rotatable bonds is 4. The van der Waals surface area contributed by atoms with Crippen molar-refractivity contribution >= 4 is 23.5 Å². The molecular weight excluding hydrogens is 316 g/mol. The van der Waals surface area contributed by atoms with E-state index in [2.05, 4.69) is 65.1 Å². The van der Waals surface area contributed by atoms with E-state index in [1.165, 1.54) is 43.6 Å². The Hall–Kier alpha value is 0.700. The predicted molar refractivity (Wildman–Crippen MR) is 106 cm³/mol. The monoisotopic (exact) mass is 352 g/mol. The van der Waals surface area contributed by atoms with Crippen LogP contribution < -0.4 is 0 Å². The van der Waals surface area contributed by atoms with Crippen LogP contribution in [0.3, 0.4) is 0 Å². The second-order valence-corrected chi connectivity index (χ2v) is 13.4. The average molecular weight is 353 g/mol. The van der Waals surface area contributed by atoms with Crippen molar-refractivity contribution in [2.24, 2.45) is 33.5 Å². The molecule has 4 aliphatic rings. The van der Waals surface area contributed by atoms with E-state index in [9.17, 15) is 0 Å². The van der Waals surface area contributed by atoms with Gasteiger partial charge in [0, 0.05) is 15.6 Å². The average Bonchev–Trinajstić information content (AvgIpc) is 2.98. The molecule has 6 unspecified atom stereocenters. The summed E-state index contributed by atoms with van der Waals surface area (Å²) in [7, 11) is 0. The molecule has 4 fully saturated rings. The predicted octanol–water partition coefficient (Wildman–Crippen LogP) is 6.84. The zero-order valence-electron chi connectivity index (χ0n) is 16.1. The maximum Gasteiger partial charge on any atom is 0.0398 e. The van der Waals surface area contributed by atoms with Gasteiger partial charge in [-0.15, -0.1) is 23.5 Å². The van der Waals surface area contributed by atoms with Gasteiger partial charge in [0.2, 0.25) is 0 Å². The zero-order valence-corrected chi connectivity index (χ0v) is 17.7. The lowest BCUT2D eigenvalue weighted by Crippen LogP contribution is -2.35. The molecular formula is C21H36S2. The largest absolute Gasteiger partial charge is 0.147 e. The molecule has 0 radical (unpaired) electrons. The van der Waals surface area contributed by atoms with Crippen molar-refractivity contribution in [1.82, 2.24) is 0 Å². The maximum absolute atomic E-state index is 2.60. The van der Waals surface area contributed by atoms with Crippen LogP contribution in [0.25, 0.3) is 0 Å². The molecule has 4 aliphatic carbocycles. The van der Waals surface area contributed by atoms with Gasteiger partial charge in [0.25, 0.3) is 0 Å². The Morgan fingerprint density at radius 1 is 0.696 bits per heavy atom. The molecule has 2 heteroatoms. The van der Waals surface area contributed by atoms with Gasteiger partial charge >= 0.3 is 0 Å². The molecule has 0 aromatic carbocycles. The van der Waals surface area contributed by atoms with Crippen molar-refractivity contribution in [2.45, 2.75) is 90.6 Å². The SMILES string of the molecule is CC1(C)C2CCC1(C)C(SCSC1CC3CCC1(C)C3(C)C)C2. The van der Waals surface area contributed by atoms with Crippen LogP contribution in [0.5, 0.6) is 0 Å². The number of thioether (sulfide) groups is 2. The highest BCUT2D eigenvalue weighted by molar-refractivity contribution is 8.16. The van der Waals surface area contributed by atoms with Gasteiger partial charge in [0.15, 0.2) is 0 Å². The highest BCUT2D eigenvalue weighted by Gasteiger charge is 2.62. The van der Waals surface area contributed by atoms with Gasteiger partial charge in [0.1, 0.15) is 0 Å². The molecule has 4 saturated carbocycles. The molecule has 132 valence electrons. The lowest BCUT2D eigenvalue weighted by atomic mass is 9.71. The lowest BCUT2D eigenvalue weighted by molar-refractivity contribution is 0.156. The third kappa shape index (κ3) is 2.06. The van der Waals surface area contributed by atoms with Crippen molar-refractivity contribution in [2.75, 3.05) is 5.08 Å². The van der Waals surface area contributed by atoms with E-state index < -0.39 is 0 Å². The van der Waals surface area contributed by atoms with Crippen molar-refractivity contribution < 1.29 is 0 Å². The summed E-state index contributed by atoms with van der Waals surface area (Å²) in [4.78, 5) is 0. The molecule has 4 rings (SSSR count). The summed E-state index contributed by atoms with van der Waals surface area (Å²) in [6.07, 6.45) is 8.91. The van der Waals surface area contributed by atoms with Crippen LogP contribution in [0.2, 0.25) is 0 Å². The molecule has 4 bridgehead atoms. The summed E-state index contributed by atoms with van der Waals surface area (Å²) in [5.74, 6) is 1.99. The Bertz CT molecular complexity index is 452. The fraction of sp³-hybridized carbons (Fsp3) is 1.00. The fourth-order valence-electron chi connectivity index (χ4n) is 6.97. The molecule has 0 aliphatic heterocycles. The first-order valence-electron chi connectivity index (χ1n) is 9.86. The molecule has 0 amide bonds. The Kier molecular flexibility index (Phi) is 3.81. The van der Waals surface area contributed by atoms with Crippen LogP contribution in [-0.4, -0.2) is 15.6 Å². The molecule has 0 saturated heterocycles. The van der Waals surface area contributed by atoms with Gasteiger partial charge in [-0.25, -0.2) is 0 Å². The van der Waals surface area contributed by atoms with Gasteiger partial charge in [-0.2, -0.15) is 0 Å². The first-order chi connectivity index (χ1) is 10.6. The van der Waals surface area contributed by atoms with Crippen LogP contribution in [0.15, 0.2) is 0 Å². The van der Waals surface area contributed by atoms with E-state index in [0.29, 0.717) is 21.7 Å². The minimum atomic E-state index is 0.579. The highest BCUT2D eigenvalue weighted by Crippen LogP contribution is 2.70. The normalized spacial score (nSPS) is 52.4. The quantitative estimate of drug-likeness (QED) is 0.508. The molecule has 0 heterocycles. The number of fused-ring (bicyclic) bond motifs is 4. The van der Waals surface area contributed by atoms with Crippen molar-refractivity contribution in [3.05, 3.63) is 0 Å². The highest BCUT2D eigenvalue weighted by atomic mass is 32.2. The molecule has 6 atom stereocenters. The summed E-state index contributed by atoms with van der Waals surface area (Å²) < 4.78 is 0. The smallest absolute Gasteiger partial charge is 0.0398 e. The minimum Gasteiger partial charge on any atom is -0.147 e. The number of hydrogen-bond donors (Lipinski definition) is 0. The second kappa shape index (κ2) is 5.12. The van der Waals surface area contributed by atoms with Crippen molar-refractivity contribution in [1.29, 1.82) is 0 Å². The molecule has 0 nitrogen and oxygen atoms in total. The summed E-state index contributed by atoms with van der Waals surface area (Å²) in [5, 5.41) is 3.18. The van der Waals surface area contributed by atoms with Gasteiger partial charge < -0.3 is 0 Å². The third-order valence-electron chi connectivity index (χ3n) is 9.97. The van der Waals surface area contributed by atoms with Crippen LogP contribution in [0.1, 0.15) is 80.1 Å². The first-order valence-corrected chi connectivity index (χ1v) is 12.0. The topological polar surface area (TPSA) is 0 Å². The molecule has 23 heavy (non-hydrogen) atoms. The van der Waals surface area contributed by atoms with E-state index >= 15 is 0 Å². The second-order valence-electron chi connectivity index (χ2n) is 10.6. The van der Waals surface area contributed by atoms with Gasteiger partial charge in [0.05, 0.1) is 0 Å².